The molecule has 0 saturated carbocycles. The Morgan fingerprint density at radius 2 is 2.12 bits per heavy atom. The first kappa shape index (κ1) is 15.7. The Kier molecular flexibility index (Phi) is 4.17. The predicted octanol–water partition coefficient (Wildman–Crippen LogP) is 1.29. The average molecular weight is 336 g/mol. The van der Waals surface area contributed by atoms with Crippen LogP contribution in [-0.2, 0) is 11.3 Å². The number of fused-ring (bicyclic) bond motifs is 1. The first-order valence-corrected chi connectivity index (χ1v) is 8.37. The predicted molar refractivity (Wildman–Crippen MR) is 94.9 cm³/mol. The lowest BCUT2D eigenvalue weighted by molar-refractivity contribution is -0.123. The number of nitrogens with one attached hydrogen (secondary N) is 3. The number of hydrogen-bond donors (Lipinski definition) is 3. The monoisotopic (exact) mass is 336 g/mol. The summed E-state index contributed by atoms with van der Waals surface area (Å²) in [7, 11) is 0. The molecule has 0 bridgehead atoms. The molecule has 25 heavy (non-hydrogen) atoms. The van der Waals surface area contributed by atoms with E-state index < -0.39 is 0 Å². The largest absolute Gasteiger partial charge is 0.350 e. The third-order valence-electron chi connectivity index (χ3n) is 4.41. The van der Waals surface area contributed by atoms with E-state index in [2.05, 4.69) is 26.1 Å². The Morgan fingerprint density at radius 1 is 1.24 bits per heavy atom. The summed E-state index contributed by atoms with van der Waals surface area (Å²) in [5, 5.41) is 3.00. The van der Waals surface area contributed by atoms with Crippen LogP contribution in [0.15, 0.2) is 48.9 Å². The Hall–Kier alpha value is -2.77. The van der Waals surface area contributed by atoms with Gasteiger partial charge in [-0.05, 0) is 31.5 Å². The second-order valence-electron chi connectivity index (χ2n) is 6.29. The minimum Gasteiger partial charge on any atom is -0.350 e. The lowest BCUT2D eigenvalue weighted by Gasteiger charge is -2.13. The van der Waals surface area contributed by atoms with Crippen LogP contribution in [0.5, 0.6) is 0 Å². The van der Waals surface area contributed by atoms with Crippen molar-refractivity contribution >= 4 is 16.9 Å². The smallest absolute Gasteiger partial charge is 0.238 e. The topological polar surface area (TPSA) is 83.9 Å². The molecule has 1 saturated heterocycles. The molecule has 0 spiro atoms. The van der Waals surface area contributed by atoms with Gasteiger partial charge in [0.15, 0.2) is 0 Å². The number of aromatic nitrogens is 3. The Balaban J connectivity index is 1.56. The summed E-state index contributed by atoms with van der Waals surface area (Å²) in [6.07, 6.45) is 4.29. The average Bonchev–Trinajstić information content (AvgIpc) is 3.26. The SMILES string of the molecule is CC1CC(C(=O)NCc2cccnc2-n2cnc3ccccc32)NN1. The lowest BCUT2D eigenvalue weighted by Crippen LogP contribution is -2.43. The number of nitrogens with zero attached hydrogens (tertiary/aromatic N) is 3. The highest BCUT2D eigenvalue weighted by Crippen LogP contribution is 2.19. The van der Waals surface area contributed by atoms with Crippen LogP contribution in [-0.4, -0.2) is 32.5 Å². The highest BCUT2D eigenvalue weighted by atomic mass is 16.2. The third-order valence-corrected chi connectivity index (χ3v) is 4.41. The summed E-state index contributed by atoms with van der Waals surface area (Å²) in [4.78, 5) is 21.2. The number of hydrazine groups is 1. The molecule has 1 amide bonds. The van der Waals surface area contributed by atoms with Gasteiger partial charge in [-0.15, -0.1) is 0 Å². The number of hydrogen-bond acceptors (Lipinski definition) is 5. The van der Waals surface area contributed by atoms with E-state index in [1.165, 1.54) is 0 Å². The van der Waals surface area contributed by atoms with Gasteiger partial charge in [0.2, 0.25) is 5.91 Å². The Bertz CT molecular complexity index is 905. The molecule has 1 aliphatic rings. The van der Waals surface area contributed by atoms with Crippen molar-refractivity contribution in [1.29, 1.82) is 0 Å². The van der Waals surface area contributed by atoms with Gasteiger partial charge in [0.25, 0.3) is 0 Å². The van der Waals surface area contributed by atoms with Crippen molar-refractivity contribution in [3.63, 3.8) is 0 Å². The maximum absolute atomic E-state index is 12.3. The van der Waals surface area contributed by atoms with E-state index in [1.54, 1.807) is 12.5 Å². The second kappa shape index (κ2) is 6.62. The van der Waals surface area contributed by atoms with Crippen LogP contribution in [0.2, 0.25) is 0 Å². The summed E-state index contributed by atoms with van der Waals surface area (Å²) < 4.78 is 1.95. The fourth-order valence-electron chi connectivity index (χ4n) is 3.11. The fourth-order valence-corrected chi connectivity index (χ4v) is 3.11. The lowest BCUT2D eigenvalue weighted by atomic mass is 10.1. The van der Waals surface area contributed by atoms with E-state index in [4.69, 9.17) is 0 Å². The first-order chi connectivity index (χ1) is 12.2. The number of benzene rings is 1. The number of rotatable bonds is 4. The molecule has 0 radical (unpaired) electrons. The quantitative estimate of drug-likeness (QED) is 0.669. The Morgan fingerprint density at radius 3 is 2.96 bits per heavy atom. The van der Waals surface area contributed by atoms with Crippen LogP contribution in [0.4, 0.5) is 0 Å². The minimum atomic E-state index is -0.204. The van der Waals surface area contributed by atoms with Gasteiger partial charge in [0.1, 0.15) is 18.2 Å². The van der Waals surface area contributed by atoms with Gasteiger partial charge < -0.3 is 5.32 Å². The van der Waals surface area contributed by atoms with Crippen LogP contribution >= 0.6 is 0 Å². The fraction of sp³-hybridized carbons (Fsp3) is 0.278. The van der Waals surface area contributed by atoms with Crippen LogP contribution in [0.3, 0.4) is 0 Å². The molecule has 1 aromatic carbocycles. The maximum atomic E-state index is 12.3. The van der Waals surface area contributed by atoms with Crippen molar-refractivity contribution in [2.75, 3.05) is 0 Å². The van der Waals surface area contributed by atoms with Crippen molar-refractivity contribution < 1.29 is 4.79 Å². The normalized spacial score (nSPS) is 20.0. The third kappa shape index (κ3) is 3.11. The van der Waals surface area contributed by atoms with E-state index >= 15 is 0 Å². The van der Waals surface area contributed by atoms with Crippen LogP contribution < -0.4 is 16.2 Å². The second-order valence-corrected chi connectivity index (χ2v) is 6.29. The number of imidazole rings is 1. The molecule has 2 unspecified atom stereocenters. The molecule has 1 aliphatic heterocycles. The molecular formula is C18H20N6O. The number of amides is 1. The molecule has 3 heterocycles. The van der Waals surface area contributed by atoms with E-state index in [9.17, 15) is 4.79 Å². The van der Waals surface area contributed by atoms with Crippen LogP contribution in [0.1, 0.15) is 18.9 Å². The van der Waals surface area contributed by atoms with Gasteiger partial charge in [-0.3, -0.25) is 14.8 Å². The molecule has 3 aromatic rings. The zero-order valence-corrected chi connectivity index (χ0v) is 13.9. The zero-order valence-electron chi connectivity index (χ0n) is 13.9. The summed E-state index contributed by atoms with van der Waals surface area (Å²) in [6, 6.07) is 11.9. The van der Waals surface area contributed by atoms with E-state index in [-0.39, 0.29) is 11.9 Å². The molecule has 1 fully saturated rings. The Labute approximate surface area is 145 Å². The highest BCUT2D eigenvalue weighted by molar-refractivity contribution is 5.82. The van der Waals surface area contributed by atoms with Gasteiger partial charge in [-0.25, -0.2) is 15.4 Å². The molecule has 3 N–H and O–H groups in total. The van der Waals surface area contributed by atoms with Gasteiger partial charge in [-0.1, -0.05) is 18.2 Å². The molecule has 2 atom stereocenters. The van der Waals surface area contributed by atoms with Crippen LogP contribution in [0, 0.1) is 0 Å². The van der Waals surface area contributed by atoms with Crippen molar-refractivity contribution in [1.82, 2.24) is 30.7 Å². The van der Waals surface area contributed by atoms with Crippen molar-refractivity contribution in [3.8, 4) is 5.82 Å². The first-order valence-electron chi connectivity index (χ1n) is 8.37. The summed E-state index contributed by atoms with van der Waals surface area (Å²) in [5.74, 6) is 0.768. The van der Waals surface area contributed by atoms with Gasteiger partial charge >= 0.3 is 0 Å². The van der Waals surface area contributed by atoms with Crippen molar-refractivity contribution in [2.24, 2.45) is 0 Å². The van der Waals surface area contributed by atoms with Crippen molar-refractivity contribution in [3.05, 3.63) is 54.5 Å². The zero-order chi connectivity index (χ0) is 17.2. The summed E-state index contributed by atoms with van der Waals surface area (Å²) >= 11 is 0. The number of pyridine rings is 1. The summed E-state index contributed by atoms with van der Waals surface area (Å²) in [5.41, 5.74) is 8.93. The van der Waals surface area contributed by atoms with E-state index in [0.717, 1.165) is 28.8 Å². The molecule has 7 heteroatoms. The molecule has 7 nitrogen and oxygen atoms in total. The van der Waals surface area contributed by atoms with E-state index in [0.29, 0.717) is 12.6 Å². The molecule has 2 aromatic heterocycles. The van der Waals surface area contributed by atoms with Gasteiger partial charge in [-0.2, -0.15) is 0 Å². The van der Waals surface area contributed by atoms with Gasteiger partial charge in [0.05, 0.1) is 11.0 Å². The van der Waals surface area contributed by atoms with Crippen LogP contribution in [0.25, 0.3) is 16.9 Å². The molecule has 0 aliphatic carbocycles. The number of carbonyl (C=O) groups excluding carboxylic acids is 1. The molecule has 4 rings (SSSR count). The maximum Gasteiger partial charge on any atom is 0.238 e. The summed E-state index contributed by atoms with van der Waals surface area (Å²) in [6.45, 7) is 2.46. The number of para-hydroxylation sites is 2. The molecular weight excluding hydrogens is 316 g/mol. The standard InChI is InChI=1S/C18H20N6O/c1-12-9-15(23-22-12)18(25)20-10-13-5-4-8-19-17(13)24-11-21-14-6-2-3-7-16(14)24/h2-8,11-12,15,22-23H,9-10H2,1H3,(H,20,25). The molecule has 128 valence electrons. The van der Waals surface area contributed by atoms with E-state index in [1.807, 2.05) is 47.9 Å². The minimum absolute atomic E-state index is 0.0119. The number of carbonyl (C=O) groups is 1. The van der Waals surface area contributed by atoms with Gasteiger partial charge in [0, 0.05) is 24.3 Å². The highest BCUT2D eigenvalue weighted by Gasteiger charge is 2.26. The van der Waals surface area contributed by atoms with Crippen molar-refractivity contribution in [2.45, 2.75) is 32.0 Å².